The molecule has 2 saturated carbocycles. The van der Waals surface area contributed by atoms with Crippen LogP contribution in [0, 0.1) is 11.8 Å². The van der Waals surface area contributed by atoms with Gasteiger partial charge >= 0.3 is 0 Å². The number of aliphatic hydroxyl groups excluding tert-OH is 2. The van der Waals surface area contributed by atoms with Gasteiger partial charge in [0.05, 0.1) is 35.2 Å². The number of aryl methyl sites for hydroxylation is 1. The van der Waals surface area contributed by atoms with Crippen molar-refractivity contribution >= 4 is 27.9 Å². The van der Waals surface area contributed by atoms with Crippen molar-refractivity contribution < 1.29 is 10.2 Å². The van der Waals surface area contributed by atoms with Gasteiger partial charge in [0, 0.05) is 37.2 Å². The van der Waals surface area contributed by atoms with Crippen molar-refractivity contribution in [3.8, 4) is 0 Å². The number of aromatic nitrogens is 5. The predicted molar refractivity (Wildman–Crippen MR) is 163 cm³/mol. The first-order valence-corrected chi connectivity index (χ1v) is 15.2. The van der Waals surface area contributed by atoms with Crippen LogP contribution in [0.1, 0.15) is 77.7 Å². The van der Waals surface area contributed by atoms with Crippen molar-refractivity contribution in [2.45, 2.75) is 102 Å². The molecule has 220 valence electrons. The van der Waals surface area contributed by atoms with E-state index in [-0.39, 0.29) is 17.4 Å². The summed E-state index contributed by atoms with van der Waals surface area (Å²) in [5.41, 5.74) is 11.5. The van der Waals surface area contributed by atoms with Gasteiger partial charge in [0.25, 0.3) is 0 Å². The molecule has 6 rings (SSSR count). The Morgan fingerprint density at radius 1 is 1.10 bits per heavy atom. The molecule has 0 bridgehead atoms. The number of fused-ring (bicyclic) bond motifs is 2. The number of imidazole rings is 2. The van der Waals surface area contributed by atoms with E-state index in [1.165, 1.54) is 5.56 Å². The molecule has 9 heteroatoms. The number of aliphatic hydroxyl groups is 2. The number of rotatable bonds is 8. The first-order chi connectivity index (χ1) is 19.5. The molecule has 3 heterocycles. The summed E-state index contributed by atoms with van der Waals surface area (Å²) >= 11 is 0. The summed E-state index contributed by atoms with van der Waals surface area (Å²) in [5, 5.41) is 22.1. The molecule has 5 N–H and O–H groups in total. The maximum Gasteiger partial charge on any atom is 0.162 e. The highest BCUT2D eigenvalue weighted by molar-refractivity contribution is 5.83. The van der Waals surface area contributed by atoms with Crippen molar-refractivity contribution in [3.63, 3.8) is 0 Å². The Morgan fingerprint density at radius 3 is 2.61 bits per heavy atom. The Labute approximate surface area is 242 Å². The van der Waals surface area contributed by atoms with Crippen LogP contribution in [0.25, 0.3) is 22.2 Å². The number of aromatic amines is 1. The Morgan fingerprint density at radius 2 is 1.88 bits per heavy atom. The molecule has 0 amide bonds. The number of nitrogen functional groups attached to an aromatic ring is 1. The number of nitrogens with zero attached hydrogens (tertiary/aromatic N) is 5. The summed E-state index contributed by atoms with van der Waals surface area (Å²) in [5.74, 6) is 1.73. The smallest absolute Gasteiger partial charge is 0.162 e. The number of benzene rings is 1. The van der Waals surface area contributed by atoms with Gasteiger partial charge in [0.15, 0.2) is 5.65 Å². The molecular formula is C32H45N7O2. The van der Waals surface area contributed by atoms with Gasteiger partial charge in [-0.15, -0.1) is 0 Å². The number of H-pyrrole nitrogens is 1. The van der Waals surface area contributed by atoms with Crippen LogP contribution in [-0.4, -0.2) is 70.5 Å². The van der Waals surface area contributed by atoms with Crippen LogP contribution in [0.15, 0.2) is 36.8 Å². The van der Waals surface area contributed by atoms with Gasteiger partial charge in [0.1, 0.15) is 17.4 Å². The van der Waals surface area contributed by atoms with E-state index < -0.39 is 12.2 Å². The minimum atomic E-state index is -0.868. The Balaban J connectivity index is 1.06. The first kappa shape index (κ1) is 28.1. The highest BCUT2D eigenvalue weighted by Gasteiger charge is 2.45. The standard InChI is InChI=1S/C32H45N7O2/c1-18(2)38(16-20-14-26(30(41)29(20)40)39-17-35-28-23(33)10-11-34-31(28)39)22-12-19(13-22)6-9-27-36-24-8-7-21(32(3,4)5)15-25(24)37-27/h7-8,10-11,15,17-20,22,26,29-30,40-41H,6,9,12-14,16H2,1-5H3,(H2,33,34)(H,36,37)/t19?,20?,22?,26-,29-,30+/m1/s1. The minimum Gasteiger partial charge on any atom is -0.397 e. The van der Waals surface area contributed by atoms with E-state index in [2.05, 4.69) is 72.7 Å². The van der Waals surface area contributed by atoms with Gasteiger partial charge in [-0.05, 0) is 74.6 Å². The number of hydrogen-bond donors (Lipinski definition) is 4. The van der Waals surface area contributed by atoms with Gasteiger partial charge in [-0.2, -0.15) is 0 Å². The van der Waals surface area contributed by atoms with Crippen LogP contribution in [0.3, 0.4) is 0 Å². The summed E-state index contributed by atoms with van der Waals surface area (Å²) in [7, 11) is 0. The van der Waals surface area contributed by atoms with E-state index in [1.807, 2.05) is 4.57 Å². The first-order valence-electron chi connectivity index (χ1n) is 15.2. The summed E-state index contributed by atoms with van der Waals surface area (Å²) in [6.07, 6.45) is 6.79. The quantitative estimate of drug-likeness (QED) is 0.248. The predicted octanol–water partition coefficient (Wildman–Crippen LogP) is 4.59. The molecular weight excluding hydrogens is 514 g/mol. The average molecular weight is 560 g/mol. The van der Waals surface area contributed by atoms with Gasteiger partial charge in [0.2, 0.25) is 0 Å². The molecule has 9 nitrogen and oxygen atoms in total. The van der Waals surface area contributed by atoms with Crippen molar-refractivity contribution in [1.82, 2.24) is 29.4 Å². The Bertz CT molecular complexity index is 1510. The number of hydrogen-bond acceptors (Lipinski definition) is 7. The van der Waals surface area contributed by atoms with E-state index in [4.69, 9.17) is 10.7 Å². The zero-order valence-corrected chi connectivity index (χ0v) is 25.0. The molecule has 3 aromatic heterocycles. The van der Waals surface area contributed by atoms with Crippen molar-refractivity contribution in [1.29, 1.82) is 0 Å². The van der Waals surface area contributed by atoms with E-state index in [9.17, 15) is 10.2 Å². The topological polar surface area (TPSA) is 129 Å². The SMILES string of the molecule is CC(C)N(CC1C[C@@H](n2cnc3c(N)ccnc32)[C@H](O)[C@@H]1O)C1CC(CCc2nc3cc(C(C)(C)C)ccc3[nH]2)C1. The number of anilines is 1. The average Bonchev–Trinajstić information content (AvgIpc) is 3.58. The third-order valence-corrected chi connectivity index (χ3v) is 9.60. The monoisotopic (exact) mass is 559 g/mol. The molecule has 4 atom stereocenters. The van der Waals surface area contributed by atoms with E-state index in [1.54, 1.807) is 18.6 Å². The molecule has 0 spiro atoms. The fourth-order valence-corrected chi connectivity index (χ4v) is 7.00. The molecule has 4 aromatic rings. The van der Waals surface area contributed by atoms with Gasteiger partial charge in [-0.1, -0.05) is 26.8 Å². The molecule has 2 fully saturated rings. The van der Waals surface area contributed by atoms with Crippen LogP contribution < -0.4 is 5.73 Å². The molecule has 2 aliphatic carbocycles. The Kier molecular flexibility index (Phi) is 7.32. The lowest BCUT2D eigenvalue weighted by atomic mass is 9.76. The molecule has 41 heavy (non-hydrogen) atoms. The maximum absolute atomic E-state index is 11.1. The third kappa shape index (κ3) is 5.35. The zero-order valence-electron chi connectivity index (χ0n) is 25.0. The van der Waals surface area contributed by atoms with Crippen molar-refractivity contribution in [2.24, 2.45) is 11.8 Å². The summed E-state index contributed by atoms with van der Waals surface area (Å²) in [4.78, 5) is 19.8. The highest BCUT2D eigenvalue weighted by Crippen LogP contribution is 2.41. The molecule has 1 unspecified atom stereocenters. The van der Waals surface area contributed by atoms with E-state index in [0.29, 0.717) is 41.3 Å². The maximum atomic E-state index is 11.1. The molecule has 0 aliphatic heterocycles. The Hall–Kier alpha value is -3.01. The third-order valence-electron chi connectivity index (χ3n) is 9.60. The van der Waals surface area contributed by atoms with Crippen LogP contribution in [0.5, 0.6) is 0 Å². The van der Waals surface area contributed by atoms with Crippen molar-refractivity contribution in [3.05, 3.63) is 48.2 Å². The fourth-order valence-electron chi connectivity index (χ4n) is 7.00. The number of pyridine rings is 1. The molecule has 0 saturated heterocycles. The van der Waals surface area contributed by atoms with Gasteiger partial charge in [-0.3, -0.25) is 4.90 Å². The van der Waals surface area contributed by atoms with Gasteiger partial charge < -0.3 is 25.5 Å². The number of nitrogens with one attached hydrogen (secondary N) is 1. The van der Waals surface area contributed by atoms with Crippen LogP contribution in [-0.2, 0) is 11.8 Å². The van der Waals surface area contributed by atoms with Gasteiger partial charge in [-0.25, -0.2) is 15.0 Å². The molecule has 2 aliphatic rings. The second kappa shape index (κ2) is 10.7. The summed E-state index contributed by atoms with van der Waals surface area (Å²) in [6.45, 7) is 11.9. The van der Waals surface area contributed by atoms with Crippen LogP contribution in [0.2, 0.25) is 0 Å². The van der Waals surface area contributed by atoms with Crippen LogP contribution in [0.4, 0.5) is 5.69 Å². The zero-order chi connectivity index (χ0) is 29.1. The lowest BCUT2D eigenvalue weighted by molar-refractivity contribution is -0.0180. The lowest BCUT2D eigenvalue weighted by Gasteiger charge is -2.46. The number of nitrogens with two attached hydrogens (primary N) is 1. The normalized spacial score (nSPS) is 27.0. The largest absolute Gasteiger partial charge is 0.397 e. The minimum absolute atomic E-state index is 0.0245. The van der Waals surface area contributed by atoms with Crippen LogP contribution >= 0.6 is 0 Å². The second-order valence-corrected chi connectivity index (χ2v) is 13.8. The van der Waals surface area contributed by atoms with E-state index in [0.717, 1.165) is 49.1 Å². The van der Waals surface area contributed by atoms with Crippen molar-refractivity contribution in [2.75, 3.05) is 12.3 Å². The second-order valence-electron chi connectivity index (χ2n) is 13.8. The molecule has 1 aromatic carbocycles. The fraction of sp³-hybridized carbons (Fsp3) is 0.594. The lowest BCUT2D eigenvalue weighted by Crippen LogP contribution is -2.51. The molecule has 0 radical (unpaired) electrons. The summed E-state index contributed by atoms with van der Waals surface area (Å²) in [6, 6.07) is 8.90. The summed E-state index contributed by atoms with van der Waals surface area (Å²) < 4.78 is 1.89. The van der Waals surface area contributed by atoms with E-state index >= 15 is 0 Å². The highest BCUT2D eigenvalue weighted by atomic mass is 16.3.